The van der Waals surface area contributed by atoms with Gasteiger partial charge < -0.3 is 9.80 Å². The monoisotopic (exact) mass is 281 g/mol. The van der Waals surface area contributed by atoms with Gasteiger partial charge in [0.1, 0.15) is 0 Å². The van der Waals surface area contributed by atoms with E-state index >= 15 is 0 Å². The first-order valence-electron chi connectivity index (χ1n) is 6.31. The van der Waals surface area contributed by atoms with Gasteiger partial charge in [0.2, 0.25) is 0 Å². The van der Waals surface area contributed by atoms with Crippen LogP contribution in [0.2, 0.25) is 0 Å². The van der Waals surface area contributed by atoms with Crippen molar-refractivity contribution in [2.45, 2.75) is 5.75 Å². The highest BCUT2D eigenvalue weighted by molar-refractivity contribution is 7.97. The van der Waals surface area contributed by atoms with Crippen molar-refractivity contribution in [1.82, 2.24) is 4.90 Å². The normalized spacial score (nSPS) is 16.6. The van der Waals surface area contributed by atoms with Crippen molar-refractivity contribution in [3.05, 3.63) is 33.9 Å². The summed E-state index contributed by atoms with van der Waals surface area (Å²) in [6.45, 7) is 4.04. The Labute approximate surface area is 117 Å². The molecule has 0 N–H and O–H groups in total. The SMILES string of the molecule is CSCc1cc([N+](=O)[O-])ccc1N1CCN(C)CC1. The van der Waals surface area contributed by atoms with Crippen molar-refractivity contribution in [3.63, 3.8) is 0 Å². The molecule has 19 heavy (non-hydrogen) atoms. The van der Waals surface area contributed by atoms with Crippen molar-refractivity contribution in [2.75, 3.05) is 44.4 Å². The van der Waals surface area contributed by atoms with Crippen LogP contribution in [-0.4, -0.2) is 49.3 Å². The number of likely N-dealkylation sites (N-methyl/N-ethyl adjacent to an activating group) is 1. The topological polar surface area (TPSA) is 49.6 Å². The molecule has 1 aliphatic rings. The summed E-state index contributed by atoms with van der Waals surface area (Å²) in [7, 11) is 2.12. The van der Waals surface area contributed by atoms with Crippen LogP contribution in [0.5, 0.6) is 0 Å². The number of anilines is 1. The van der Waals surface area contributed by atoms with Crippen LogP contribution >= 0.6 is 11.8 Å². The van der Waals surface area contributed by atoms with Crippen LogP contribution in [0.4, 0.5) is 11.4 Å². The smallest absolute Gasteiger partial charge is 0.269 e. The zero-order valence-corrected chi connectivity index (χ0v) is 12.2. The predicted molar refractivity (Wildman–Crippen MR) is 80.0 cm³/mol. The number of non-ortho nitro benzene ring substituents is 1. The van der Waals surface area contributed by atoms with Crippen LogP contribution in [0, 0.1) is 10.1 Å². The summed E-state index contributed by atoms with van der Waals surface area (Å²) in [5.41, 5.74) is 2.39. The average molecular weight is 281 g/mol. The van der Waals surface area contributed by atoms with Gasteiger partial charge in [-0.3, -0.25) is 10.1 Å². The third-order valence-corrected chi connectivity index (χ3v) is 4.02. The second kappa shape index (κ2) is 6.25. The lowest BCUT2D eigenvalue weighted by Gasteiger charge is -2.35. The molecular formula is C13H19N3O2S. The Hall–Kier alpha value is -1.27. The fourth-order valence-corrected chi connectivity index (χ4v) is 2.85. The molecule has 0 spiro atoms. The lowest BCUT2D eigenvalue weighted by Crippen LogP contribution is -2.44. The van der Waals surface area contributed by atoms with Gasteiger partial charge in [0.05, 0.1) is 4.92 Å². The molecule has 1 aliphatic heterocycles. The third-order valence-electron chi connectivity index (χ3n) is 3.42. The van der Waals surface area contributed by atoms with E-state index < -0.39 is 0 Å². The zero-order valence-electron chi connectivity index (χ0n) is 11.3. The number of hydrogen-bond donors (Lipinski definition) is 0. The van der Waals surface area contributed by atoms with Gasteiger partial charge in [-0.15, -0.1) is 0 Å². The van der Waals surface area contributed by atoms with E-state index in [1.807, 2.05) is 12.3 Å². The highest BCUT2D eigenvalue weighted by Gasteiger charge is 2.18. The van der Waals surface area contributed by atoms with E-state index in [-0.39, 0.29) is 10.6 Å². The maximum Gasteiger partial charge on any atom is 0.269 e. The molecule has 0 unspecified atom stereocenters. The van der Waals surface area contributed by atoms with Gasteiger partial charge >= 0.3 is 0 Å². The van der Waals surface area contributed by atoms with Crippen LogP contribution in [0.1, 0.15) is 5.56 Å². The van der Waals surface area contributed by atoms with Crippen LogP contribution in [0.15, 0.2) is 18.2 Å². The first kappa shape index (κ1) is 14.1. The molecule has 5 nitrogen and oxygen atoms in total. The molecule has 1 aromatic rings. The lowest BCUT2D eigenvalue weighted by molar-refractivity contribution is -0.384. The molecule has 0 aliphatic carbocycles. The molecule has 2 rings (SSSR count). The van der Waals surface area contributed by atoms with Gasteiger partial charge in [-0.05, 0) is 24.9 Å². The maximum absolute atomic E-state index is 10.9. The van der Waals surface area contributed by atoms with E-state index in [9.17, 15) is 10.1 Å². The van der Waals surface area contributed by atoms with Gasteiger partial charge in [0, 0.05) is 49.8 Å². The largest absolute Gasteiger partial charge is 0.369 e. The lowest BCUT2D eigenvalue weighted by atomic mass is 10.1. The van der Waals surface area contributed by atoms with Crippen LogP contribution < -0.4 is 4.90 Å². The van der Waals surface area contributed by atoms with E-state index in [0.29, 0.717) is 0 Å². The van der Waals surface area contributed by atoms with Gasteiger partial charge in [0.15, 0.2) is 0 Å². The first-order chi connectivity index (χ1) is 9.11. The summed E-state index contributed by atoms with van der Waals surface area (Å²) < 4.78 is 0. The number of nitro benzene ring substituents is 1. The fourth-order valence-electron chi connectivity index (χ4n) is 2.31. The van der Waals surface area contributed by atoms with Crippen LogP contribution in [0.3, 0.4) is 0 Å². The molecule has 0 saturated carbocycles. The van der Waals surface area contributed by atoms with Gasteiger partial charge in [-0.25, -0.2) is 0 Å². The minimum Gasteiger partial charge on any atom is -0.369 e. The van der Waals surface area contributed by atoms with E-state index in [2.05, 4.69) is 16.8 Å². The first-order valence-corrected chi connectivity index (χ1v) is 7.71. The van der Waals surface area contributed by atoms with Crippen molar-refractivity contribution in [1.29, 1.82) is 0 Å². The molecule has 1 saturated heterocycles. The average Bonchev–Trinajstić information content (AvgIpc) is 2.40. The second-order valence-electron chi connectivity index (χ2n) is 4.79. The highest BCUT2D eigenvalue weighted by atomic mass is 32.2. The third kappa shape index (κ3) is 3.39. The summed E-state index contributed by atoms with van der Waals surface area (Å²) in [5, 5.41) is 10.9. The Kier molecular flexibility index (Phi) is 4.66. The Morgan fingerprint density at radius 1 is 1.32 bits per heavy atom. The molecule has 0 amide bonds. The molecule has 1 heterocycles. The predicted octanol–water partition coefficient (Wildman–Crippen LogP) is 2.21. The molecule has 1 fully saturated rings. The number of thioether (sulfide) groups is 1. The Balaban J connectivity index is 2.25. The molecule has 1 aromatic carbocycles. The molecular weight excluding hydrogens is 262 g/mol. The van der Waals surface area contributed by atoms with Crippen molar-refractivity contribution in [3.8, 4) is 0 Å². The van der Waals surface area contributed by atoms with E-state index in [0.717, 1.165) is 43.2 Å². The van der Waals surface area contributed by atoms with Crippen molar-refractivity contribution in [2.24, 2.45) is 0 Å². The summed E-state index contributed by atoms with van der Waals surface area (Å²) in [4.78, 5) is 15.2. The second-order valence-corrected chi connectivity index (χ2v) is 5.66. The minimum atomic E-state index is -0.322. The van der Waals surface area contributed by atoms with Gasteiger partial charge in [-0.1, -0.05) is 0 Å². The van der Waals surface area contributed by atoms with E-state index in [1.54, 1.807) is 23.9 Å². The minimum absolute atomic E-state index is 0.182. The number of rotatable bonds is 4. The summed E-state index contributed by atoms with van der Waals surface area (Å²) in [5.74, 6) is 0.809. The number of benzene rings is 1. The number of nitrogens with zero attached hydrogens (tertiary/aromatic N) is 3. The molecule has 6 heteroatoms. The van der Waals surface area contributed by atoms with Crippen LogP contribution in [-0.2, 0) is 5.75 Å². The number of hydrogen-bond acceptors (Lipinski definition) is 5. The van der Waals surface area contributed by atoms with Crippen molar-refractivity contribution >= 4 is 23.1 Å². The number of nitro groups is 1. The Bertz CT molecular complexity index is 459. The van der Waals surface area contributed by atoms with Gasteiger partial charge in [0.25, 0.3) is 5.69 Å². The quantitative estimate of drug-likeness (QED) is 0.625. The Morgan fingerprint density at radius 3 is 2.58 bits per heavy atom. The molecule has 0 bridgehead atoms. The maximum atomic E-state index is 10.9. The summed E-state index contributed by atoms with van der Waals surface area (Å²) in [6.07, 6.45) is 2.02. The van der Waals surface area contributed by atoms with E-state index in [1.165, 1.54) is 0 Å². The zero-order chi connectivity index (χ0) is 13.8. The van der Waals surface area contributed by atoms with Gasteiger partial charge in [-0.2, -0.15) is 11.8 Å². The van der Waals surface area contributed by atoms with Crippen LogP contribution in [0.25, 0.3) is 0 Å². The fraction of sp³-hybridized carbons (Fsp3) is 0.538. The number of piperazine rings is 1. The van der Waals surface area contributed by atoms with Crippen molar-refractivity contribution < 1.29 is 4.92 Å². The van der Waals surface area contributed by atoms with E-state index in [4.69, 9.17) is 0 Å². The summed E-state index contributed by atoms with van der Waals surface area (Å²) in [6, 6.07) is 5.22. The molecule has 0 atom stereocenters. The molecule has 0 aromatic heterocycles. The molecule has 0 radical (unpaired) electrons. The summed E-state index contributed by atoms with van der Waals surface area (Å²) >= 11 is 1.69. The Morgan fingerprint density at radius 2 is 2.00 bits per heavy atom. The standard InChI is InChI=1S/C13H19N3O2S/c1-14-5-7-15(8-6-14)13-4-3-12(16(17)18)9-11(13)10-19-2/h3-4,9H,5-8,10H2,1-2H3. The highest BCUT2D eigenvalue weighted by Crippen LogP contribution is 2.28. The molecule has 104 valence electrons.